The molecule has 10 heteroatoms. The van der Waals surface area contributed by atoms with Crippen molar-refractivity contribution in [1.82, 2.24) is 10.2 Å². The van der Waals surface area contributed by atoms with E-state index in [2.05, 4.69) is 15.2 Å². The number of anilines is 1. The molecule has 1 aromatic carbocycles. The molecule has 9 nitrogen and oxygen atoms in total. The summed E-state index contributed by atoms with van der Waals surface area (Å²) in [6.45, 7) is 5.12. The van der Waals surface area contributed by atoms with E-state index in [0.29, 0.717) is 79.1 Å². The summed E-state index contributed by atoms with van der Waals surface area (Å²) in [4.78, 5) is 46.8. The van der Waals surface area contributed by atoms with Gasteiger partial charge in [0.1, 0.15) is 5.76 Å². The van der Waals surface area contributed by atoms with Crippen molar-refractivity contribution >= 4 is 40.7 Å². The number of amides is 3. The van der Waals surface area contributed by atoms with Gasteiger partial charge in [-0.05, 0) is 43.2 Å². The molecule has 0 radical (unpaired) electrons. The van der Waals surface area contributed by atoms with Gasteiger partial charge >= 0.3 is 0 Å². The second-order valence-electron chi connectivity index (χ2n) is 9.49. The first-order chi connectivity index (χ1) is 17.9. The molecule has 1 unspecified atom stereocenters. The number of nitrogens with one attached hydrogen (secondary N) is 1. The van der Waals surface area contributed by atoms with Crippen molar-refractivity contribution in [3.8, 4) is 0 Å². The standard InChI is InChI=1S/C27H29ClN4O5/c1-16-12-19(27(35)31-8-10-37-11-9-31)25(20(28)13-16)32-7-6-17(15-32)29-26(34)18-14-23(33)30-21-4-3-5-22(36-2)24(18)21/h3-5,12-14,17,24H,6-11,15H2,1-2H3,(H,29,34)/t17-,24?/m1/s1. The Kier molecular flexibility index (Phi) is 7.17. The molecule has 1 N–H and O–H groups in total. The number of methoxy groups -OCH3 is 1. The van der Waals surface area contributed by atoms with E-state index in [4.69, 9.17) is 21.1 Å². The van der Waals surface area contributed by atoms with Crippen LogP contribution >= 0.6 is 11.6 Å². The number of carbonyl (C=O) groups excluding carboxylic acids is 3. The molecule has 0 saturated carbocycles. The number of ether oxygens (including phenoxy) is 2. The predicted octanol–water partition coefficient (Wildman–Crippen LogP) is 2.44. The third kappa shape index (κ3) is 5.06. The molecule has 0 aromatic heterocycles. The minimum absolute atomic E-state index is 0.0710. The van der Waals surface area contributed by atoms with Crippen LogP contribution in [0.5, 0.6) is 0 Å². The van der Waals surface area contributed by atoms with Gasteiger partial charge in [-0.2, -0.15) is 0 Å². The van der Waals surface area contributed by atoms with E-state index in [0.717, 1.165) is 5.56 Å². The average Bonchev–Trinajstić information content (AvgIpc) is 3.34. The smallest absolute Gasteiger partial charge is 0.270 e. The molecule has 4 aliphatic rings. The molecular formula is C27H29ClN4O5. The molecule has 0 bridgehead atoms. The molecule has 37 heavy (non-hydrogen) atoms. The molecule has 5 rings (SSSR count). The number of hydrogen-bond donors (Lipinski definition) is 1. The lowest BCUT2D eigenvalue weighted by Gasteiger charge is -2.30. The maximum absolute atomic E-state index is 13.4. The van der Waals surface area contributed by atoms with Gasteiger partial charge in [0.25, 0.3) is 11.8 Å². The topological polar surface area (TPSA) is 101 Å². The number of fused-ring (bicyclic) bond motifs is 1. The summed E-state index contributed by atoms with van der Waals surface area (Å²) in [6.07, 6.45) is 7.18. The normalized spacial score (nSPS) is 23.2. The van der Waals surface area contributed by atoms with Gasteiger partial charge in [-0.15, -0.1) is 0 Å². The number of dihydropyridines is 1. The Morgan fingerprint density at radius 1 is 1.22 bits per heavy atom. The number of halogens is 1. The van der Waals surface area contributed by atoms with Crippen molar-refractivity contribution in [2.24, 2.45) is 10.9 Å². The highest BCUT2D eigenvalue weighted by Gasteiger charge is 2.36. The predicted molar refractivity (Wildman–Crippen MR) is 140 cm³/mol. The van der Waals surface area contributed by atoms with Crippen LogP contribution in [0, 0.1) is 12.8 Å². The van der Waals surface area contributed by atoms with Crippen molar-refractivity contribution in [2.45, 2.75) is 19.4 Å². The van der Waals surface area contributed by atoms with Crippen LogP contribution < -0.4 is 10.2 Å². The molecular weight excluding hydrogens is 496 g/mol. The summed E-state index contributed by atoms with van der Waals surface area (Å²) < 4.78 is 10.9. The Morgan fingerprint density at radius 3 is 2.76 bits per heavy atom. The Balaban J connectivity index is 1.33. The monoisotopic (exact) mass is 524 g/mol. The third-order valence-corrected chi connectivity index (χ3v) is 7.30. The van der Waals surface area contributed by atoms with Crippen molar-refractivity contribution < 1.29 is 23.9 Å². The third-order valence-electron chi connectivity index (χ3n) is 7.01. The first kappa shape index (κ1) is 25.2. The number of rotatable bonds is 5. The summed E-state index contributed by atoms with van der Waals surface area (Å²) in [5.74, 6) is -0.840. The average molecular weight is 525 g/mol. The number of nitrogens with zero attached hydrogens (tertiary/aromatic N) is 3. The fraction of sp³-hybridized carbons (Fsp3) is 0.407. The molecule has 3 heterocycles. The van der Waals surface area contributed by atoms with E-state index in [9.17, 15) is 14.4 Å². The summed E-state index contributed by atoms with van der Waals surface area (Å²) in [5.41, 5.74) is 2.95. The van der Waals surface area contributed by atoms with Crippen LogP contribution in [-0.2, 0) is 19.1 Å². The lowest BCUT2D eigenvalue weighted by Crippen LogP contribution is -2.42. The summed E-state index contributed by atoms with van der Waals surface area (Å²) in [5, 5.41) is 3.58. The Hall–Kier alpha value is -3.43. The highest BCUT2D eigenvalue weighted by molar-refractivity contribution is 6.34. The van der Waals surface area contributed by atoms with Gasteiger partial charge in [-0.25, -0.2) is 4.99 Å². The first-order valence-electron chi connectivity index (χ1n) is 12.3. The maximum Gasteiger partial charge on any atom is 0.270 e. The number of allylic oxidation sites excluding steroid dienone is 4. The quantitative estimate of drug-likeness (QED) is 0.635. The SMILES string of the molecule is COC1=CC=CC2=NC(=O)C=C(C(=O)N[C@@H]3CCN(c4c(Cl)cc(C)cc4C(=O)N4CCOCC4)C3)C12. The first-order valence-corrected chi connectivity index (χ1v) is 12.7. The largest absolute Gasteiger partial charge is 0.500 e. The van der Waals surface area contributed by atoms with E-state index in [-0.39, 0.29) is 17.9 Å². The van der Waals surface area contributed by atoms with E-state index < -0.39 is 11.8 Å². The zero-order valence-corrected chi connectivity index (χ0v) is 21.6. The molecule has 2 fully saturated rings. The van der Waals surface area contributed by atoms with Crippen molar-refractivity contribution in [2.75, 3.05) is 51.4 Å². The summed E-state index contributed by atoms with van der Waals surface area (Å²) >= 11 is 6.69. The fourth-order valence-corrected chi connectivity index (χ4v) is 5.65. The van der Waals surface area contributed by atoms with E-state index in [1.165, 1.54) is 13.2 Å². The van der Waals surface area contributed by atoms with Crippen LogP contribution in [-0.4, -0.2) is 80.9 Å². The summed E-state index contributed by atoms with van der Waals surface area (Å²) in [6, 6.07) is 3.54. The highest BCUT2D eigenvalue weighted by atomic mass is 35.5. The molecule has 0 spiro atoms. The molecule has 3 amide bonds. The van der Waals surface area contributed by atoms with Crippen molar-refractivity contribution in [3.05, 3.63) is 63.9 Å². The van der Waals surface area contributed by atoms with E-state index >= 15 is 0 Å². The zero-order valence-electron chi connectivity index (χ0n) is 20.8. The van der Waals surface area contributed by atoms with Crippen molar-refractivity contribution in [1.29, 1.82) is 0 Å². The van der Waals surface area contributed by atoms with Gasteiger partial charge in [0.05, 0.1) is 48.2 Å². The molecule has 194 valence electrons. The van der Waals surface area contributed by atoms with Crippen LogP contribution in [0.2, 0.25) is 5.02 Å². The van der Waals surface area contributed by atoms with E-state index in [1.807, 2.05) is 19.1 Å². The lowest BCUT2D eigenvalue weighted by atomic mass is 9.85. The Labute approximate surface area is 220 Å². The van der Waals surface area contributed by atoms with Gasteiger partial charge in [0, 0.05) is 43.9 Å². The fourth-order valence-electron chi connectivity index (χ4n) is 5.26. The number of morpholine rings is 1. The minimum atomic E-state index is -0.519. The minimum Gasteiger partial charge on any atom is -0.500 e. The van der Waals surface area contributed by atoms with Crippen LogP contribution in [0.4, 0.5) is 5.69 Å². The van der Waals surface area contributed by atoms with Gasteiger partial charge in [0.2, 0.25) is 5.91 Å². The van der Waals surface area contributed by atoms with E-state index in [1.54, 1.807) is 23.1 Å². The Morgan fingerprint density at radius 2 is 2.00 bits per heavy atom. The van der Waals surface area contributed by atoms with Crippen LogP contribution in [0.3, 0.4) is 0 Å². The zero-order chi connectivity index (χ0) is 26.1. The lowest BCUT2D eigenvalue weighted by molar-refractivity contribution is -0.119. The number of aliphatic imine (C=N–C) groups is 1. The Bertz CT molecular complexity index is 1260. The van der Waals surface area contributed by atoms with Gasteiger partial charge in [0.15, 0.2) is 0 Å². The van der Waals surface area contributed by atoms with Crippen LogP contribution in [0.15, 0.2) is 52.8 Å². The summed E-state index contributed by atoms with van der Waals surface area (Å²) in [7, 11) is 1.53. The van der Waals surface area contributed by atoms with Gasteiger partial charge in [-0.3, -0.25) is 14.4 Å². The number of aryl methyl sites for hydroxylation is 1. The number of hydrogen-bond acceptors (Lipinski definition) is 6. The number of benzene rings is 1. The second-order valence-corrected chi connectivity index (χ2v) is 9.90. The highest BCUT2D eigenvalue weighted by Crippen LogP contribution is 2.35. The molecule has 1 aromatic rings. The van der Waals surface area contributed by atoms with Crippen LogP contribution in [0.25, 0.3) is 0 Å². The van der Waals surface area contributed by atoms with Crippen molar-refractivity contribution in [3.63, 3.8) is 0 Å². The molecule has 1 aliphatic carbocycles. The molecule has 3 aliphatic heterocycles. The van der Waals surface area contributed by atoms with Gasteiger partial charge in [-0.1, -0.05) is 17.7 Å². The van der Waals surface area contributed by atoms with Gasteiger partial charge < -0.3 is 24.6 Å². The second kappa shape index (κ2) is 10.5. The maximum atomic E-state index is 13.4. The number of carbonyl (C=O) groups is 3. The molecule has 2 saturated heterocycles. The van der Waals surface area contributed by atoms with Crippen LogP contribution in [0.1, 0.15) is 22.3 Å². The molecule has 2 atom stereocenters.